The van der Waals surface area contributed by atoms with Gasteiger partial charge < -0.3 is 9.47 Å². The maximum atomic E-state index is 12.3. The van der Waals surface area contributed by atoms with E-state index in [1.165, 1.54) is 31.4 Å². The molecule has 0 atom stereocenters. The van der Waals surface area contributed by atoms with Crippen LogP contribution in [0.15, 0.2) is 42.5 Å². The van der Waals surface area contributed by atoms with Crippen LogP contribution in [0.3, 0.4) is 0 Å². The molecule has 0 fully saturated rings. The van der Waals surface area contributed by atoms with Crippen molar-refractivity contribution >= 4 is 45.4 Å². The van der Waals surface area contributed by atoms with E-state index >= 15 is 0 Å². The minimum absolute atomic E-state index is 0.219. The molecule has 1 N–H and O–H groups in total. The summed E-state index contributed by atoms with van der Waals surface area (Å²) >= 11 is 6.16. The van der Waals surface area contributed by atoms with E-state index in [1.54, 1.807) is 25.1 Å². The lowest BCUT2D eigenvalue weighted by Gasteiger charge is -2.14. The molecule has 0 radical (unpaired) electrons. The number of halogens is 1. The van der Waals surface area contributed by atoms with Gasteiger partial charge in [-0.1, -0.05) is 23.7 Å². The van der Waals surface area contributed by atoms with Crippen molar-refractivity contribution in [3.05, 3.63) is 64.2 Å². The topological polar surface area (TPSA) is 119 Å². The molecule has 0 bridgehead atoms. The van der Waals surface area contributed by atoms with E-state index < -0.39 is 33.5 Å². The largest absolute Gasteiger partial charge is 0.491 e. The van der Waals surface area contributed by atoms with Gasteiger partial charge in [0.1, 0.15) is 0 Å². The number of sulfonamides is 1. The summed E-state index contributed by atoms with van der Waals surface area (Å²) in [4.78, 5) is 37.7. The minimum Gasteiger partial charge on any atom is -0.491 e. The van der Waals surface area contributed by atoms with Crippen LogP contribution in [0, 0.1) is 0 Å². The van der Waals surface area contributed by atoms with E-state index in [9.17, 15) is 22.8 Å². The van der Waals surface area contributed by atoms with Gasteiger partial charge in [0.05, 0.1) is 35.6 Å². The summed E-state index contributed by atoms with van der Waals surface area (Å²) in [5.41, 5.74) is 0.927. The third-order valence-electron chi connectivity index (χ3n) is 4.68. The van der Waals surface area contributed by atoms with E-state index in [4.69, 9.17) is 21.1 Å². The fourth-order valence-corrected chi connectivity index (χ4v) is 4.40. The van der Waals surface area contributed by atoms with Crippen LogP contribution < -0.4 is 14.2 Å². The predicted octanol–water partition coefficient (Wildman–Crippen LogP) is 2.50. The number of imide groups is 1. The summed E-state index contributed by atoms with van der Waals surface area (Å²) in [7, 11) is -2.67. The van der Waals surface area contributed by atoms with Crippen LogP contribution in [0.4, 0.5) is 0 Å². The molecular weight excluding hydrogens is 472 g/mol. The number of carbonyl (C=O) groups excluding carboxylic acids is 3. The monoisotopic (exact) mass is 492 g/mol. The highest BCUT2D eigenvalue weighted by Crippen LogP contribution is 2.36. The summed E-state index contributed by atoms with van der Waals surface area (Å²) in [6.07, 6.45) is 2.39. The Kier molecular flexibility index (Phi) is 7.39. The number of nitrogens with zero attached hydrogens (tertiary/aromatic N) is 1. The molecule has 1 heterocycles. The van der Waals surface area contributed by atoms with Gasteiger partial charge in [0.2, 0.25) is 10.0 Å². The average molecular weight is 493 g/mol. The second-order valence-electron chi connectivity index (χ2n) is 6.89. The molecule has 33 heavy (non-hydrogen) atoms. The number of hydrogen-bond donors (Lipinski definition) is 1. The first-order valence-electron chi connectivity index (χ1n) is 9.85. The number of carbonyl (C=O) groups is 3. The fraction of sp³-hybridized carbons (Fsp3) is 0.227. The molecule has 3 rings (SSSR count). The maximum absolute atomic E-state index is 12.3. The molecule has 1 aliphatic heterocycles. The predicted molar refractivity (Wildman–Crippen MR) is 122 cm³/mol. The quantitative estimate of drug-likeness (QED) is 0.422. The minimum atomic E-state index is -4.11. The molecule has 11 heteroatoms. The molecule has 0 aliphatic carbocycles. The molecule has 1 aliphatic rings. The molecule has 3 amide bonds. The molecule has 0 spiro atoms. The first-order valence-corrected chi connectivity index (χ1v) is 11.9. The second-order valence-corrected chi connectivity index (χ2v) is 9.14. The first-order chi connectivity index (χ1) is 15.7. The number of benzene rings is 2. The number of ether oxygens (including phenoxy) is 2. The van der Waals surface area contributed by atoms with Crippen molar-refractivity contribution in [2.75, 3.05) is 26.0 Å². The van der Waals surface area contributed by atoms with Crippen LogP contribution in [-0.2, 0) is 14.8 Å². The molecule has 0 saturated heterocycles. The molecule has 0 aromatic heterocycles. The van der Waals surface area contributed by atoms with E-state index in [1.807, 2.05) is 4.72 Å². The van der Waals surface area contributed by atoms with Crippen LogP contribution in [0.5, 0.6) is 11.5 Å². The van der Waals surface area contributed by atoms with Crippen molar-refractivity contribution in [2.45, 2.75) is 6.92 Å². The highest BCUT2D eigenvalue weighted by molar-refractivity contribution is 7.90. The number of fused-ring (bicyclic) bond motifs is 1. The van der Waals surface area contributed by atoms with Gasteiger partial charge in [-0.15, -0.1) is 0 Å². The van der Waals surface area contributed by atoms with Gasteiger partial charge in [-0.2, -0.15) is 0 Å². The Hall–Kier alpha value is -3.37. The second kappa shape index (κ2) is 10.1. The SMILES string of the molecule is CCOc1cc(/C=C/C(=O)NS(=O)(=O)CCN2C(=O)c3ccccc3C2=O)cc(Cl)c1OC. The molecule has 9 nitrogen and oxygen atoms in total. The first kappa shape index (κ1) is 24.3. The van der Waals surface area contributed by atoms with Crippen LogP contribution in [0.2, 0.25) is 5.02 Å². The van der Waals surface area contributed by atoms with Crippen molar-refractivity contribution in [1.82, 2.24) is 9.62 Å². The van der Waals surface area contributed by atoms with Crippen molar-refractivity contribution in [2.24, 2.45) is 0 Å². The Balaban J connectivity index is 1.63. The van der Waals surface area contributed by atoms with Crippen molar-refractivity contribution in [3.63, 3.8) is 0 Å². The van der Waals surface area contributed by atoms with Crippen LogP contribution in [-0.4, -0.2) is 57.1 Å². The Morgan fingerprint density at radius 2 is 1.79 bits per heavy atom. The number of amides is 3. The van der Waals surface area contributed by atoms with E-state index in [0.717, 1.165) is 11.0 Å². The lowest BCUT2D eigenvalue weighted by atomic mass is 10.1. The summed E-state index contributed by atoms with van der Waals surface area (Å²) in [5.74, 6) is -1.95. The Bertz CT molecular complexity index is 1210. The molecule has 174 valence electrons. The van der Waals surface area contributed by atoms with Gasteiger partial charge >= 0.3 is 0 Å². The Labute approximate surface area is 196 Å². The van der Waals surface area contributed by atoms with Gasteiger partial charge in [-0.25, -0.2) is 13.1 Å². The molecular formula is C22H21ClN2O7S. The highest BCUT2D eigenvalue weighted by Gasteiger charge is 2.35. The Morgan fingerprint density at radius 1 is 1.15 bits per heavy atom. The average Bonchev–Trinajstić information content (AvgIpc) is 3.01. The molecule has 2 aromatic carbocycles. The van der Waals surface area contributed by atoms with E-state index in [0.29, 0.717) is 23.7 Å². The van der Waals surface area contributed by atoms with Gasteiger partial charge in [0, 0.05) is 12.6 Å². The summed E-state index contributed by atoms with van der Waals surface area (Å²) in [6.45, 7) is 1.77. The van der Waals surface area contributed by atoms with Crippen LogP contribution >= 0.6 is 11.6 Å². The lowest BCUT2D eigenvalue weighted by Crippen LogP contribution is -2.39. The summed E-state index contributed by atoms with van der Waals surface area (Å²) < 4.78 is 37.1. The van der Waals surface area contributed by atoms with Crippen molar-refractivity contribution in [1.29, 1.82) is 0 Å². The van der Waals surface area contributed by atoms with Gasteiger partial charge in [0.25, 0.3) is 17.7 Å². The van der Waals surface area contributed by atoms with Crippen molar-refractivity contribution < 1.29 is 32.3 Å². The Morgan fingerprint density at radius 3 is 2.36 bits per heavy atom. The summed E-state index contributed by atoms with van der Waals surface area (Å²) in [5, 5.41) is 0.261. The fourth-order valence-electron chi connectivity index (χ4n) is 3.21. The molecule has 2 aromatic rings. The third kappa shape index (κ3) is 5.52. The third-order valence-corrected chi connectivity index (χ3v) is 6.19. The van der Waals surface area contributed by atoms with Crippen LogP contribution in [0.1, 0.15) is 33.2 Å². The normalized spacial score (nSPS) is 13.4. The highest BCUT2D eigenvalue weighted by atomic mass is 35.5. The standard InChI is InChI=1S/C22H21ClN2O7S/c1-3-32-18-13-14(12-17(23)20(18)31-2)8-9-19(26)24-33(29,30)11-10-25-21(27)15-6-4-5-7-16(15)22(25)28/h4-9,12-13H,3,10-11H2,1-2H3,(H,24,26)/b9-8+. The van der Waals surface area contributed by atoms with Crippen molar-refractivity contribution in [3.8, 4) is 11.5 Å². The van der Waals surface area contributed by atoms with Gasteiger partial charge in [-0.3, -0.25) is 19.3 Å². The maximum Gasteiger partial charge on any atom is 0.261 e. The number of hydrogen-bond acceptors (Lipinski definition) is 7. The molecule has 0 saturated carbocycles. The van der Waals surface area contributed by atoms with E-state index in [-0.39, 0.29) is 22.7 Å². The lowest BCUT2D eigenvalue weighted by molar-refractivity contribution is -0.114. The summed E-state index contributed by atoms with van der Waals surface area (Å²) in [6, 6.07) is 9.35. The number of methoxy groups -OCH3 is 1. The van der Waals surface area contributed by atoms with E-state index in [2.05, 4.69) is 0 Å². The molecule has 0 unspecified atom stereocenters. The van der Waals surface area contributed by atoms with Gasteiger partial charge in [-0.05, 0) is 42.8 Å². The number of rotatable bonds is 9. The zero-order chi connectivity index (χ0) is 24.2. The zero-order valence-corrected chi connectivity index (χ0v) is 19.4. The smallest absolute Gasteiger partial charge is 0.261 e. The van der Waals surface area contributed by atoms with Gasteiger partial charge in [0.15, 0.2) is 11.5 Å². The zero-order valence-electron chi connectivity index (χ0n) is 17.8. The van der Waals surface area contributed by atoms with Crippen LogP contribution in [0.25, 0.3) is 6.08 Å². The number of nitrogens with one attached hydrogen (secondary N) is 1.